The molecule has 1 N–H and O–H groups in total. The Kier molecular flexibility index (Phi) is 5.88. The number of sulfonamides is 1. The molecule has 1 fully saturated rings. The second-order valence-electron chi connectivity index (χ2n) is 6.49. The third kappa shape index (κ3) is 4.17. The van der Waals surface area contributed by atoms with E-state index in [-0.39, 0.29) is 10.8 Å². The highest BCUT2D eigenvalue weighted by Gasteiger charge is 2.30. The second-order valence-corrected chi connectivity index (χ2v) is 9.85. The van der Waals surface area contributed by atoms with Crippen molar-refractivity contribution in [1.82, 2.24) is 4.31 Å². The van der Waals surface area contributed by atoms with Crippen LogP contribution in [0, 0.1) is 13.8 Å². The van der Waals surface area contributed by atoms with Gasteiger partial charge >= 0.3 is 0 Å². The number of anilines is 1. The maximum atomic E-state index is 13.0. The average Bonchev–Trinajstić information content (AvgIpc) is 3.26. The summed E-state index contributed by atoms with van der Waals surface area (Å²) in [5.74, 6) is 0.0653. The molecule has 0 saturated carbocycles. The molecule has 8 heteroatoms. The van der Waals surface area contributed by atoms with Crippen molar-refractivity contribution in [1.29, 1.82) is 0 Å². The van der Waals surface area contributed by atoms with E-state index < -0.39 is 10.0 Å². The molecule has 0 unspecified atom stereocenters. The summed E-state index contributed by atoms with van der Waals surface area (Å²) in [6.07, 6.45) is 1.72. The average molecular weight is 409 g/mol. The predicted molar refractivity (Wildman–Crippen MR) is 107 cm³/mol. The van der Waals surface area contributed by atoms with Gasteiger partial charge in [-0.05, 0) is 57.9 Å². The fourth-order valence-corrected chi connectivity index (χ4v) is 5.78. The SMILES string of the molecule is CCOc1ccc(NC(=O)c2cc(C)sc2C)cc1S(=O)(=O)N1CCCC1. The van der Waals surface area contributed by atoms with Gasteiger partial charge < -0.3 is 10.1 Å². The molecule has 27 heavy (non-hydrogen) atoms. The summed E-state index contributed by atoms with van der Waals surface area (Å²) in [5, 5.41) is 2.81. The lowest BCUT2D eigenvalue weighted by molar-refractivity contribution is 0.102. The van der Waals surface area contributed by atoms with Crippen LogP contribution in [0.25, 0.3) is 0 Å². The highest BCUT2D eigenvalue weighted by atomic mass is 32.2. The number of carbonyl (C=O) groups is 1. The molecule has 0 spiro atoms. The fourth-order valence-electron chi connectivity index (χ4n) is 3.18. The number of benzene rings is 1. The van der Waals surface area contributed by atoms with Gasteiger partial charge in [0.05, 0.1) is 12.2 Å². The van der Waals surface area contributed by atoms with Gasteiger partial charge in [-0.2, -0.15) is 4.31 Å². The van der Waals surface area contributed by atoms with Crippen molar-refractivity contribution in [3.05, 3.63) is 39.6 Å². The molecule has 0 bridgehead atoms. The zero-order chi connectivity index (χ0) is 19.6. The van der Waals surface area contributed by atoms with Crippen molar-refractivity contribution < 1.29 is 17.9 Å². The maximum absolute atomic E-state index is 13.0. The molecule has 2 heterocycles. The second kappa shape index (κ2) is 8.00. The Balaban J connectivity index is 1.93. The molecule has 146 valence electrons. The van der Waals surface area contributed by atoms with Crippen LogP contribution in [0.1, 0.15) is 39.9 Å². The summed E-state index contributed by atoms with van der Waals surface area (Å²) in [7, 11) is -3.66. The summed E-state index contributed by atoms with van der Waals surface area (Å²) in [6, 6.07) is 6.60. The highest BCUT2D eigenvalue weighted by Crippen LogP contribution is 2.32. The largest absolute Gasteiger partial charge is 0.492 e. The molecule has 1 aromatic heterocycles. The summed E-state index contributed by atoms with van der Waals surface area (Å²) < 4.78 is 33.1. The first-order chi connectivity index (χ1) is 12.8. The minimum atomic E-state index is -3.66. The molecule has 1 amide bonds. The summed E-state index contributed by atoms with van der Waals surface area (Å²) in [5.41, 5.74) is 1.04. The molecule has 1 aromatic carbocycles. The summed E-state index contributed by atoms with van der Waals surface area (Å²) >= 11 is 1.56. The minimum absolute atomic E-state index is 0.0993. The number of aryl methyl sites for hydroxylation is 2. The van der Waals surface area contributed by atoms with Gasteiger partial charge in [-0.3, -0.25) is 4.79 Å². The Hall–Kier alpha value is -1.90. The number of carbonyl (C=O) groups excluding carboxylic acids is 1. The number of hydrogen-bond donors (Lipinski definition) is 1. The van der Waals surface area contributed by atoms with Gasteiger partial charge in [0.15, 0.2) is 0 Å². The number of amides is 1. The van der Waals surface area contributed by atoms with E-state index in [2.05, 4.69) is 5.32 Å². The van der Waals surface area contributed by atoms with Crippen LogP contribution < -0.4 is 10.1 Å². The van der Waals surface area contributed by atoms with Crippen molar-refractivity contribution >= 4 is 33.0 Å². The Morgan fingerprint density at radius 1 is 1.22 bits per heavy atom. The van der Waals surface area contributed by atoms with Crippen LogP contribution in [0.15, 0.2) is 29.2 Å². The van der Waals surface area contributed by atoms with Gasteiger partial charge in [0.2, 0.25) is 10.0 Å². The number of thiophene rings is 1. The molecular formula is C19H24N2O4S2. The fraction of sp³-hybridized carbons (Fsp3) is 0.421. The molecule has 2 aromatic rings. The normalized spacial score (nSPS) is 15.1. The van der Waals surface area contributed by atoms with Crippen molar-refractivity contribution in [2.45, 2.75) is 38.5 Å². The van der Waals surface area contributed by atoms with Crippen molar-refractivity contribution in [3.63, 3.8) is 0 Å². The van der Waals surface area contributed by atoms with Crippen LogP contribution in [0.3, 0.4) is 0 Å². The predicted octanol–water partition coefficient (Wildman–Crippen LogP) is 3.80. The van der Waals surface area contributed by atoms with E-state index >= 15 is 0 Å². The highest BCUT2D eigenvalue weighted by molar-refractivity contribution is 7.89. The lowest BCUT2D eigenvalue weighted by atomic mass is 10.2. The summed E-state index contributed by atoms with van der Waals surface area (Å²) in [4.78, 5) is 14.7. The standard InChI is InChI=1S/C19H24N2O4S2/c1-4-25-17-8-7-15(20-19(22)16-11-13(2)26-14(16)3)12-18(17)27(23,24)21-9-5-6-10-21/h7-8,11-12H,4-6,9-10H2,1-3H3,(H,20,22). The van der Waals surface area contributed by atoms with Crippen LogP contribution >= 0.6 is 11.3 Å². The van der Waals surface area contributed by atoms with Crippen LogP contribution in [-0.4, -0.2) is 38.3 Å². The third-order valence-electron chi connectivity index (χ3n) is 4.47. The van der Waals surface area contributed by atoms with E-state index in [1.807, 2.05) is 26.8 Å². The molecule has 1 saturated heterocycles. The Morgan fingerprint density at radius 2 is 1.93 bits per heavy atom. The van der Waals surface area contributed by atoms with E-state index in [0.29, 0.717) is 36.7 Å². The monoisotopic (exact) mass is 408 g/mol. The maximum Gasteiger partial charge on any atom is 0.256 e. The zero-order valence-corrected chi connectivity index (χ0v) is 17.4. The van der Waals surface area contributed by atoms with Crippen LogP contribution in [0.5, 0.6) is 5.75 Å². The Labute approximate surface area is 164 Å². The Morgan fingerprint density at radius 3 is 2.52 bits per heavy atom. The zero-order valence-electron chi connectivity index (χ0n) is 15.7. The number of hydrogen-bond acceptors (Lipinski definition) is 5. The van der Waals surface area contributed by atoms with E-state index in [1.165, 1.54) is 10.4 Å². The van der Waals surface area contributed by atoms with Crippen LogP contribution in [0.2, 0.25) is 0 Å². The van der Waals surface area contributed by atoms with Crippen molar-refractivity contribution in [2.75, 3.05) is 25.0 Å². The molecule has 1 aliphatic rings. The lowest BCUT2D eigenvalue weighted by Crippen LogP contribution is -2.28. The molecule has 3 rings (SSSR count). The van der Waals surface area contributed by atoms with E-state index in [9.17, 15) is 13.2 Å². The van der Waals surface area contributed by atoms with Gasteiger partial charge in [0.1, 0.15) is 10.6 Å². The topological polar surface area (TPSA) is 75.7 Å². The first kappa shape index (κ1) is 19.9. The van der Waals surface area contributed by atoms with Crippen molar-refractivity contribution in [3.8, 4) is 5.75 Å². The van der Waals surface area contributed by atoms with Gasteiger partial charge in [-0.1, -0.05) is 0 Å². The molecule has 6 nitrogen and oxygen atoms in total. The molecule has 0 aliphatic carbocycles. The van der Waals surface area contributed by atoms with Gasteiger partial charge in [0, 0.05) is 28.5 Å². The van der Waals surface area contributed by atoms with E-state index in [0.717, 1.165) is 22.6 Å². The molecule has 0 atom stereocenters. The summed E-state index contributed by atoms with van der Waals surface area (Å²) in [6.45, 7) is 7.04. The van der Waals surface area contributed by atoms with Crippen molar-refractivity contribution in [2.24, 2.45) is 0 Å². The first-order valence-electron chi connectivity index (χ1n) is 8.98. The number of nitrogens with one attached hydrogen (secondary N) is 1. The van der Waals surface area contributed by atoms with Crippen LogP contribution in [-0.2, 0) is 10.0 Å². The van der Waals surface area contributed by atoms with Crippen LogP contribution in [0.4, 0.5) is 5.69 Å². The quantitative estimate of drug-likeness (QED) is 0.789. The van der Waals surface area contributed by atoms with Gasteiger partial charge in [-0.15, -0.1) is 11.3 Å². The number of nitrogens with zero attached hydrogens (tertiary/aromatic N) is 1. The van der Waals surface area contributed by atoms with Gasteiger partial charge in [0.25, 0.3) is 5.91 Å². The van der Waals surface area contributed by atoms with E-state index in [1.54, 1.807) is 23.5 Å². The smallest absolute Gasteiger partial charge is 0.256 e. The molecule has 0 radical (unpaired) electrons. The van der Waals surface area contributed by atoms with Gasteiger partial charge in [-0.25, -0.2) is 8.42 Å². The number of rotatable bonds is 6. The molecule has 1 aliphatic heterocycles. The number of ether oxygens (including phenoxy) is 1. The third-order valence-corrected chi connectivity index (χ3v) is 7.36. The van der Waals surface area contributed by atoms with E-state index in [4.69, 9.17) is 4.74 Å². The minimum Gasteiger partial charge on any atom is -0.492 e. The lowest BCUT2D eigenvalue weighted by Gasteiger charge is -2.19. The Bertz CT molecular complexity index is 945. The first-order valence-corrected chi connectivity index (χ1v) is 11.2. The molecular weight excluding hydrogens is 384 g/mol.